The summed E-state index contributed by atoms with van der Waals surface area (Å²) in [5, 5.41) is 3.89. The fraction of sp³-hybridized carbons (Fsp3) is 0.318. The van der Waals surface area contributed by atoms with E-state index in [2.05, 4.69) is 5.32 Å². The molecule has 0 saturated heterocycles. The normalized spacial score (nSPS) is 12.3. The highest BCUT2D eigenvalue weighted by molar-refractivity contribution is 5.95. The van der Waals surface area contributed by atoms with Crippen LogP contribution in [0.4, 0.5) is 0 Å². The molecule has 3 aromatic rings. The van der Waals surface area contributed by atoms with Crippen LogP contribution < -0.4 is 10.7 Å². The SMILES string of the molecule is COC(=O)C(CC(C)C)NC(=O)Cn1c2ccccc2c(=O)c2ccccc21. The zero-order valence-corrected chi connectivity index (χ0v) is 16.3. The summed E-state index contributed by atoms with van der Waals surface area (Å²) in [4.78, 5) is 37.6. The lowest BCUT2D eigenvalue weighted by atomic mass is 10.0. The van der Waals surface area contributed by atoms with Crippen molar-refractivity contribution in [3.63, 3.8) is 0 Å². The molecule has 6 nitrogen and oxygen atoms in total. The first-order valence-corrected chi connectivity index (χ1v) is 9.29. The first kappa shape index (κ1) is 19.6. The Morgan fingerprint density at radius 2 is 1.54 bits per heavy atom. The average Bonchev–Trinajstić information content (AvgIpc) is 2.69. The lowest BCUT2D eigenvalue weighted by Gasteiger charge is -2.20. The minimum atomic E-state index is -0.700. The van der Waals surface area contributed by atoms with Gasteiger partial charge < -0.3 is 14.6 Å². The summed E-state index contributed by atoms with van der Waals surface area (Å²) in [6.45, 7) is 3.95. The van der Waals surface area contributed by atoms with Gasteiger partial charge in [-0.2, -0.15) is 0 Å². The Morgan fingerprint density at radius 1 is 1.00 bits per heavy atom. The van der Waals surface area contributed by atoms with E-state index in [0.717, 1.165) is 0 Å². The van der Waals surface area contributed by atoms with Crippen molar-refractivity contribution in [1.29, 1.82) is 0 Å². The molecule has 0 radical (unpaired) electrons. The molecule has 0 bridgehead atoms. The van der Waals surface area contributed by atoms with Crippen molar-refractivity contribution in [2.45, 2.75) is 32.9 Å². The highest BCUT2D eigenvalue weighted by atomic mass is 16.5. The van der Waals surface area contributed by atoms with Crippen LogP contribution in [0.3, 0.4) is 0 Å². The Morgan fingerprint density at radius 3 is 2.04 bits per heavy atom. The summed E-state index contributed by atoms with van der Waals surface area (Å²) in [6, 6.07) is 13.7. The van der Waals surface area contributed by atoms with Gasteiger partial charge in [0.2, 0.25) is 5.91 Å². The number of para-hydroxylation sites is 2. The van der Waals surface area contributed by atoms with Crippen molar-refractivity contribution in [1.82, 2.24) is 9.88 Å². The molecule has 0 aliphatic heterocycles. The average molecular weight is 380 g/mol. The van der Waals surface area contributed by atoms with Gasteiger partial charge in [-0.05, 0) is 36.6 Å². The number of benzene rings is 2. The third-order valence-corrected chi connectivity index (χ3v) is 4.71. The lowest BCUT2D eigenvalue weighted by molar-refractivity contribution is -0.145. The minimum Gasteiger partial charge on any atom is -0.467 e. The van der Waals surface area contributed by atoms with Crippen LogP contribution in [0.15, 0.2) is 53.3 Å². The van der Waals surface area contributed by atoms with E-state index in [1.165, 1.54) is 7.11 Å². The zero-order valence-electron chi connectivity index (χ0n) is 16.3. The number of ether oxygens (including phenoxy) is 1. The van der Waals surface area contributed by atoms with Crippen molar-refractivity contribution in [3.05, 3.63) is 58.8 Å². The Kier molecular flexibility index (Phi) is 5.78. The second kappa shape index (κ2) is 8.25. The van der Waals surface area contributed by atoms with E-state index < -0.39 is 12.0 Å². The number of aromatic nitrogens is 1. The largest absolute Gasteiger partial charge is 0.467 e. The van der Waals surface area contributed by atoms with E-state index in [0.29, 0.717) is 28.2 Å². The minimum absolute atomic E-state index is 0.00705. The van der Waals surface area contributed by atoms with E-state index >= 15 is 0 Å². The summed E-state index contributed by atoms with van der Waals surface area (Å²) in [6.07, 6.45) is 0.490. The van der Waals surface area contributed by atoms with Crippen LogP contribution in [0, 0.1) is 5.92 Å². The maximum Gasteiger partial charge on any atom is 0.328 e. The molecule has 1 aromatic heterocycles. The molecular weight excluding hydrogens is 356 g/mol. The number of methoxy groups -OCH3 is 1. The van der Waals surface area contributed by atoms with Gasteiger partial charge in [-0.3, -0.25) is 9.59 Å². The molecular formula is C22H24N2O4. The molecule has 28 heavy (non-hydrogen) atoms. The Bertz CT molecular complexity index is 1020. The summed E-state index contributed by atoms with van der Waals surface area (Å²) in [5.41, 5.74) is 1.30. The third-order valence-electron chi connectivity index (χ3n) is 4.71. The fourth-order valence-corrected chi connectivity index (χ4v) is 3.46. The number of carbonyl (C=O) groups is 2. The molecule has 1 atom stereocenters. The van der Waals surface area contributed by atoms with Gasteiger partial charge in [-0.1, -0.05) is 38.1 Å². The van der Waals surface area contributed by atoms with Crippen LogP contribution in [0.25, 0.3) is 21.8 Å². The fourth-order valence-electron chi connectivity index (χ4n) is 3.46. The van der Waals surface area contributed by atoms with Gasteiger partial charge in [0.1, 0.15) is 12.6 Å². The van der Waals surface area contributed by atoms with E-state index in [9.17, 15) is 14.4 Å². The predicted octanol–water partition coefficient (Wildman–Crippen LogP) is 2.86. The van der Waals surface area contributed by atoms with Crippen LogP contribution in [-0.2, 0) is 20.9 Å². The van der Waals surface area contributed by atoms with Crippen LogP contribution in [0.5, 0.6) is 0 Å². The van der Waals surface area contributed by atoms with Crippen molar-refractivity contribution >= 4 is 33.7 Å². The molecule has 0 aliphatic rings. The summed E-state index contributed by atoms with van der Waals surface area (Å²) < 4.78 is 6.63. The Balaban J connectivity index is 2.01. The second-order valence-corrected chi connectivity index (χ2v) is 7.22. The molecule has 3 rings (SSSR count). The number of pyridine rings is 1. The number of esters is 1. The van der Waals surface area contributed by atoms with Crippen LogP contribution >= 0.6 is 0 Å². The third kappa shape index (κ3) is 3.91. The van der Waals surface area contributed by atoms with Crippen molar-refractivity contribution in [2.75, 3.05) is 7.11 Å². The van der Waals surface area contributed by atoms with Crippen LogP contribution in [-0.4, -0.2) is 29.6 Å². The molecule has 2 aromatic carbocycles. The van der Waals surface area contributed by atoms with Crippen LogP contribution in [0.2, 0.25) is 0 Å². The Hall–Kier alpha value is -3.15. The topological polar surface area (TPSA) is 77.4 Å². The summed E-state index contributed by atoms with van der Waals surface area (Å²) >= 11 is 0. The number of nitrogens with one attached hydrogen (secondary N) is 1. The first-order chi connectivity index (χ1) is 13.4. The first-order valence-electron chi connectivity index (χ1n) is 9.29. The highest BCUT2D eigenvalue weighted by Gasteiger charge is 2.23. The van der Waals surface area contributed by atoms with E-state index in [1.807, 2.05) is 42.7 Å². The predicted molar refractivity (Wildman–Crippen MR) is 109 cm³/mol. The van der Waals surface area contributed by atoms with E-state index in [4.69, 9.17) is 4.74 Å². The molecule has 0 saturated carbocycles. The van der Waals surface area contributed by atoms with E-state index in [1.54, 1.807) is 24.3 Å². The molecule has 1 unspecified atom stereocenters. The molecule has 0 spiro atoms. The molecule has 0 aliphatic carbocycles. The smallest absolute Gasteiger partial charge is 0.328 e. The summed E-state index contributed by atoms with van der Waals surface area (Å²) in [5.74, 6) is -0.551. The van der Waals surface area contributed by atoms with Crippen molar-refractivity contribution in [2.24, 2.45) is 5.92 Å². The standard InChI is InChI=1S/C22H24N2O4/c1-14(2)12-17(22(27)28-3)23-20(25)13-24-18-10-6-4-8-15(18)21(26)16-9-5-7-11-19(16)24/h4-11,14,17H,12-13H2,1-3H3,(H,23,25). The number of fused-ring (bicyclic) bond motifs is 2. The number of hydrogen-bond acceptors (Lipinski definition) is 4. The monoisotopic (exact) mass is 380 g/mol. The van der Waals surface area contributed by atoms with Gasteiger partial charge in [0.05, 0.1) is 18.1 Å². The quantitative estimate of drug-likeness (QED) is 0.527. The lowest BCUT2D eigenvalue weighted by Crippen LogP contribution is -2.43. The van der Waals surface area contributed by atoms with Gasteiger partial charge in [-0.25, -0.2) is 4.79 Å². The molecule has 6 heteroatoms. The molecule has 0 fully saturated rings. The number of carbonyl (C=O) groups excluding carboxylic acids is 2. The van der Waals surface area contributed by atoms with Crippen molar-refractivity contribution < 1.29 is 14.3 Å². The molecule has 1 amide bonds. The maximum absolute atomic E-state index is 12.8. The molecule has 1 N–H and O–H groups in total. The van der Waals surface area contributed by atoms with Crippen LogP contribution in [0.1, 0.15) is 20.3 Å². The number of rotatable bonds is 6. The zero-order chi connectivity index (χ0) is 20.3. The van der Waals surface area contributed by atoms with Gasteiger partial charge >= 0.3 is 5.97 Å². The van der Waals surface area contributed by atoms with E-state index in [-0.39, 0.29) is 23.8 Å². The molecule has 146 valence electrons. The number of amides is 1. The van der Waals surface area contributed by atoms with Gasteiger partial charge in [0.15, 0.2) is 5.43 Å². The maximum atomic E-state index is 12.8. The molecule has 1 heterocycles. The second-order valence-electron chi connectivity index (χ2n) is 7.22. The summed E-state index contributed by atoms with van der Waals surface area (Å²) in [7, 11) is 1.31. The van der Waals surface area contributed by atoms with Gasteiger partial charge in [0.25, 0.3) is 0 Å². The highest BCUT2D eigenvalue weighted by Crippen LogP contribution is 2.19. The number of hydrogen-bond donors (Lipinski definition) is 1. The van der Waals surface area contributed by atoms with Crippen molar-refractivity contribution in [3.8, 4) is 0 Å². The van der Waals surface area contributed by atoms with Gasteiger partial charge in [-0.15, -0.1) is 0 Å². The van der Waals surface area contributed by atoms with Gasteiger partial charge in [0, 0.05) is 10.8 Å². The number of nitrogens with zero attached hydrogens (tertiary/aromatic N) is 1. The Labute approximate surface area is 163 Å².